The number of fused-ring (bicyclic) bond motifs is 1. The molecular formula is C24H24N4O3. The molecule has 158 valence electrons. The minimum absolute atomic E-state index is 0.0736. The lowest BCUT2D eigenvalue weighted by atomic mass is 10.2. The van der Waals surface area contributed by atoms with E-state index in [1.807, 2.05) is 48.5 Å². The van der Waals surface area contributed by atoms with E-state index in [0.717, 1.165) is 28.4 Å². The van der Waals surface area contributed by atoms with E-state index in [2.05, 4.69) is 9.55 Å². The second-order valence-corrected chi connectivity index (χ2v) is 7.09. The first kappa shape index (κ1) is 20.4. The topological polar surface area (TPSA) is 69.5 Å². The molecule has 0 fully saturated rings. The van der Waals surface area contributed by atoms with Crippen LogP contribution >= 0.6 is 0 Å². The van der Waals surface area contributed by atoms with E-state index in [4.69, 9.17) is 14.5 Å². The lowest BCUT2D eigenvalue weighted by Gasteiger charge is -2.18. The molecule has 31 heavy (non-hydrogen) atoms. The van der Waals surface area contributed by atoms with Crippen LogP contribution in [0.3, 0.4) is 0 Å². The van der Waals surface area contributed by atoms with Crippen LogP contribution < -0.4 is 9.47 Å². The van der Waals surface area contributed by atoms with E-state index in [-0.39, 0.29) is 5.91 Å². The van der Waals surface area contributed by atoms with Gasteiger partial charge in [-0.15, -0.1) is 0 Å². The number of carbonyl (C=O) groups is 1. The summed E-state index contributed by atoms with van der Waals surface area (Å²) < 4.78 is 13.2. The number of benzene rings is 2. The van der Waals surface area contributed by atoms with Gasteiger partial charge in [0.25, 0.3) is 5.91 Å². The Morgan fingerprint density at radius 1 is 1.00 bits per heavy atom. The summed E-state index contributed by atoms with van der Waals surface area (Å²) in [6, 6.07) is 18.9. The fourth-order valence-corrected chi connectivity index (χ4v) is 3.42. The van der Waals surface area contributed by atoms with Gasteiger partial charge in [0.15, 0.2) is 0 Å². The number of ether oxygens (including phenoxy) is 2. The number of hydrogen-bond acceptors (Lipinski definition) is 5. The largest absolute Gasteiger partial charge is 0.497 e. The van der Waals surface area contributed by atoms with E-state index in [9.17, 15) is 4.79 Å². The highest BCUT2D eigenvalue weighted by Gasteiger charge is 2.17. The molecule has 0 aliphatic rings. The first-order valence-corrected chi connectivity index (χ1v) is 10.0. The van der Waals surface area contributed by atoms with Crippen LogP contribution in [0.15, 0.2) is 73.1 Å². The lowest BCUT2D eigenvalue weighted by molar-refractivity contribution is 0.0780. The molecule has 7 nitrogen and oxygen atoms in total. The summed E-state index contributed by atoms with van der Waals surface area (Å²) in [6.45, 7) is 1.47. The second kappa shape index (κ2) is 9.30. The summed E-state index contributed by atoms with van der Waals surface area (Å²) >= 11 is 0. The van der Waals surface area contributed by atoms with Gasteiger partial charge < -0.3 is 18.9 Å². The van der Waals surface area contributed by atoms with Crippen LogP contribution in [0.1, 0.15) is 16.2 Å². The molecule has 2 aromatic carbocycles. The second-order valence-electron chi connectivity index (χ2n) is 7.09. The van der Waals surface area contributed by atoms with Crippen LogP contribution in [-0.4, -0.2) is 46.1 Å². The molecule has 0 atom stereocenters. The Bertz CT molecular complexity index is 1160. The Morgan fingerprint density at radius 2 is 1.71 bits per heavy atom. The molecule has 1 amide bonds. The number of hydrogen-bond donors (Lipinski definition) is 0. The summed E-state index contributed by atoms with van der Waals surface area (Å²) in [4.78, 5) is 23.2. The van der Waals surface area contributed by atoms with Gasteiger partial charge in [0.2, 0.25) is 0 Å². The van der Waals surface area contributed by atoms with Gasteiger partial charge in [-0.1, -0.05) is 12.1 Å². The fraction of sp³-hybridized carbons (Fsp3) is 0.208. The molecule has 2 aromatic heterocycles. The molecule has 0 aliphatic carbocycles. The third kappa shape index (κ3) is 4.66. The van der Waals surface area contributed by atoms with Crippen molar-refractivity contribution in [2.75, 3.05) is 20.8 Å². The molecule has 0 N–H and O–H groups in total. The molecule has 0 saturated heterocycles. The molecule has 4 rings (SSSR count). The molecule has 7 heteroatoms. The molecule has 2 heterocycles. The van der Waals surface area contributed by atoms with Crippen LogP contribution in [0.25, 0.3) is 11.0 Å². The van der Waals surface area contributed by atoms with E-state index >= 15 is 0 Å². The van der Waals surface area contributed by atoms with Crippen LogP contribution in [0.5, 0.6) is 11.5 Å². The monoisotopic (exact) mass is 416 g/mol. The summed E-state index contributed by atoms with van der Waals surface area (Å²) in [5.41, 5.74) is 2.51. The van der Waals surface area contributed by atoms with Crippen molar-refractivity contribution in [1.82, 2.24) is 19.4 Å². The Labute approximate surface area is 180 Å². The maximum absolute atomic E-state index is 12.8. The van der Waals surface area contributed by atoms with Gasteiger partial charge in [0.05, 0.1) is 31.2 Å². The minimum Gasteiger partial charge on any atom is -0.497 e. The number of rotatable bonds is 8. The number of nitrogens with zero attached hydrogens (tertiary/aromatic N) is 4. The maximum Gasteiger partial charge on any atom is 0.254 e. The average Bonchev–Trinajstić information content (AvgIpc) is 3.16. The molecule has 0 spiro atoms. The van der Waals surface area contributed by atoms with Crippen LogP contribution in [0.2, 0.25) is 0 Å². The highest BCUT2D eigenvalue weighted by atomic mass is 16.5. The van der Waals surface area contributed by atoms with Crippen molar-refractivity contribution in [3.63, 3.8) is 0 Å². The number of methoxy groups -OCH3 is 1. The van der Waals surface area contributed by atoms with Crippen molar-refractivity contribution in [3.05, 3.63) is 84.4 Å². The van der Waals surface area contributed by atoms with Gasteiger partial charge in [0, 0.05) is 25.0 Å². The van der Waals surface area contributed by atoms with Crippen molar-refractivity contribution in [3.8, 4) is 11.5 Å². The van der Waals surface area contributed by atoms with Gasteiger partial charge >= 0.3 is 0 Å². The SMILES string of the molecule is COc1ccc(OCCn2c(CN(C)C(=O)c3ccncc3)nc3ccccc32)cc1. The van der Waals surface area contributed by atoms with Crippen molar-refractivity contribution in [2.45, 2.75) is 13.1 Å². The molecule has 0 bridgehead atoms. The number of para-hydroxylation sites is 2. The quantitative estimate of drug-likeness (QED) is 0.437. The highest BCUT2D eigenvalue weighted by Crippen LogP contribution is 2.20. The molecule has 0 saturated carbocycles. The van der Waals surface area contributed by atoms with E-state index in [0.29, 0.717) is 25.3 Å². The minimum atomic E-state index is -0.0736. The number of amides is 1. The number of imidazole rings is 1. The zero-order valence-corrected chi connectivity index (χ0v) is 17.6. The van der Waals surface area contributed by atoms with Crippen LogP contribution in [0.4, 0.5) is 0 Å². The van der Waals surface area contributed by atoms with Crippen LogP contribution in [0, 0.1) is 0 Å². The molecule has 0 aliphatic heterocycles. The Kier molecular flexibility index (Phi) is 6.12. The zero-order valence-electron chi connectivity index (χ0n) is 17.6. The Hall–Kier alpha value is -3.87. The third-order valence-corrected chi connectivity index (χ3v) is 5.03. The maximum atomic E-state index is 12.8. The van der Waals surface area contributed by atoms with Crippen molar-refractivity contribution in [2.24, 2.45) is 0 Å². The van der Waals surface area contributed by atoms with Crippen LogP contribution in [-0.2, 0) is 13.1 Å². The zero-order chi connectivity index (χ0) is 21.6. The van der Waals surface area contributed by atoms with Crippen molar-refractivity contribution < 1.29 is 14.3 Å². The summed E-state index contributed by atoms with van der Waals surface area (Å²) in [7, 11) is 3.41. The first-order chi connectivity index (χ1) is 15.2. The van der Waals surface area contributed by atoms with Gasteiger partial charge in [0.1, 0.15) is 23.9 Å². The Morgan fingerprint density at radius 3 is 2.45 bits per heavy atom. The molecule has 0 radical (unpaired) electrons. The first-order valence-electron chi connectivity index (χ1n) is 10.0. The predicted molar refractivity (Wildman–Crippen MR) is 118 cm³/mol. The van der Waals surface area contributed by atoms with Gasteiger partial charge in [-0.25, -0.2) is 4.98 Å². The molecule has 0 unspecified atom stereocenters. The summed E-state index contributed by atoms with van der Waals surface area (Å²) in [5, 5.41) is 0. The Balaban J connectivity index is 1.50. The van der Waals surface area contributed by atoms with E-state index in [1.54, 1.807) is 43.6 Å². The smallest absolute Gasteiger partial charge is 0.254 e. The third-order valence-electron chi connectivity index (χ3n) is 5.03. The van der Waals surface area contributed by atoms with Crippen molar-refractivity contribution in [1.29, 1.82) is 0 Å². The normalized spacial score (nSPS) is 10.8. The van der Waals surface area contributed by atoms with Gasteiger partial charge in [-0.3, -0.25) is 9.78 Å². The number of pyridine rings is 1. The van der Waals surface area contributed by atoms with E-state index in [1.165, 1.54) is 0 Å². The highest BCUT2D eigenvalue weighted by molar-refractivity contribution is 5.93. The number of carbonyl (C=O) groups excluding carboxylic acids is 1. The lowest BCUT2D eigenvalue weighted by Crippen LogP contribution is -2.28. The average molecular weight is 416 g/mol. The predicted octanol–water partition coefficient (Wildman–Crippen LogP) is 3.79. The summed E-state index contributed by atoms with van der Waals surface area (Å²) in [5.74, 6) is 2.30. The van der Waals surface area contributed by atoms with Crippen molar-refractivity contribution >= 4 is 16.9 Å². The van der Waals surface area contributed by atoms with E-state index < -0.39 is 0 Å². The van der Waals surface area contributed by atoms with Gasteiger partial charge in [-0.05, 0) is 48.5 Å². The molecular weight excluding hydrogens is 392 g/mol. The van der Waals surface area contributed by atoms with Gasteiger partial charge in [-0.2, -0.15) is 0 Å². The fourth-order valence-electron chi connectivity index (χ4n) is 3.42. The molecule has 4 aromatic rings. The standard InChI is InChI=1S/C24H24N4O3/c1-27(24(29)18-11-13-25-14-12-18)17-23-26-21-5-3-4-6-22(21)28(23)15-16-31-20-9-7-19(30-2)8-10-20/h3-14H,15-17H2,1-2H3. The number of aromatic nitrogens is 3. The summed E-state index contributed by atoms with van der Waals surface area (Å²) in [6.07, 6.45) is 3.24.